The van der Waals surface area contributed by atoms with Gasteiger partial charge in [0.15, 0.2) is 0 Å². The Kier molecular flexibility index (Phi) is 9.38. The standard InChI is InChI=1S/C19H20F2N6O2.C2HF3O2/c1-2-25-11-15(6-7-17(25)28)14-5-3-4-13(8-14)10-26-19(29)27(24-23-26)12-16(9-22)18(20)21;3-2(4,5)1(6)7/h3-8,11H,2,9-10,12,22H2,1H3;(H,6,7). The topological polar surface area (TPSA) is 138 Å². The van der Waals surface area contributed by atoms with Crippen LogP contribution in [0.2, 0.25) is 0 Å². The van der Waals surface area contributed by atoms with E-state index in [4.69, 9.17) is 15.6 Å². The molecule has 0 atom stereocenters. The second-order valence-electron chi connectivity index (χ2n) is 7.19. The van der Waals surface area contributed by atoms with E-state index in [-0.39, 0.29) is 24.2 Å². The predicted octanol–water partition coefficient (Wildman–Crippen LogP) is 2.08. The number of rotatable bonds is 7. The minimum atomic E-state index is -5.08. The van der Waals surface area contributed by atoms with Crippen LogP contribution in [0.4, 0.5) is 22.0 Å². The van der Waals surface area contributed by atoms with Crippen molar-refractivity contribution in [3.63, 3.8) is 0 Å². The third-order valence-electron chi connectivity index (χ3n) is 4.71. The predicted molar refractivity (Wildman–Crippen MR) is 117 cm³/mol. The fourth-order valence-electron chi connectivity index (χ4n) is 2.86. The Bertz CT molecular complexity index is 1360. The molecule has 0 fully saturated rings. The number of alkyl halides is 3. The van der Waals surface area contributed by atoms with Crippen molar-refractivity contribution < 1.29 is 31.9 Å². The van der Waals surface area contributed by atoms with Gasteiger partial charge in [-0.05, 0) is 46.2 Å². The van der Waals surface area contributed by atoms with E-state index in [1.807, 2.05) is 31.2 Å². The zero-order chi connectivity index (χ0) is 27.0. The van der Waals surface area contributed by atoms with Crippen LogP contribution in [0.25, 0.3) is 11.1 Å². The third-order valence-corrected chi connectivity index (χ3v) is 4.71. The highest BCUT2D eigenvalue weighted by Crippen LogP contribution is 2.19. The highest BCUT2D eigenvalue weighted by molar-refractivity contribution is 5.73. The lowest BCUT2D eigenvalue weighted by Crippen LogP contribution is -2.27. The minimum absolute atomic E-state index is 0.0776. The van der Waals surface area contributed by atoms with E-state index < -0.39 is 30.5 Å². The Morgan fingerprint density at radius 1 is 1.06 bits per heavy atom. The van der Waals surface area contributed by atoms with Crippen LogP contribution in [0.15, 0.2) is 63.8 Å². The summed E-state index contributed by atoms with van der Waals surface area (Å²) in [5, 5.41) is 14.5. The molecular weight excluding hydrogens is 495 g/mol. The van der Waals surface area contributed by atoms with Gasteiger partial charge in [-0.15, -0.1) is 0 Å². The lowest BCUT2D eigenvalue weighted by atomic mass is 10.0. The largest absolute Gasteiger partial charge is 0.490 e. The third kappa shape index (κ3) is 7.43. The molecule has 2 aromatic heterocycles. The Labute approximate surface area is 199 Å². The molecule has 1 aromatic carbocycles. The molecule has 2 heterocycles. The van der Waals surface area contributed by atoms with Crippen LogP contribution in [0, 0.1) is 0 Å². The van der Waals surface area contributed by atoms with Crippen molar-refractivity contribution in [3.05, 3.63) is 80.7 Å². The fourth-order valence-corrected chi connectivity index (χ4v) is 2.86. The molecule has 0 saturated carbocycles. The molecule has 0 aliphatic carbocycles. The number of aryl methyl sites for hydroxylation is 1. The number of pyridine rings is 1. The number of carboxylic acids is 1. The number of benzene rings is 1. The number of nitrogens with zero attached hydrogens (tertiary/aromatic N) is 5. The highest BCUT2D eigenvalue weighted by atomic mass is 19.4. The first-order valence-corrected chi connectivity index (χ1v) is 10.2. The van der Waals surface area contributed by atoms with Crippen molar-refractivity contribution in [2.24, 2.45) is 5.73 Å². The number of aliphatic carboxylic acids is 1. The first-order chi connectivity index (χ1) is 16.9. The van der Waals surface area contributed by atoms with Gasteiger partial charge in [-0.25, -0.2) is 9.59 Å². The molecule has 194 valence electrons. The molecule has 0 amide bonds. The van der Waals surface area contributed by atoms with Gasteiger partial charge in [-0.1, -0.05) is 18.2 Å². The van der Waals surface area contributed by atoms with E-state index in [9.17, 15) is 31.5 Å². The molecule has 0 bridgehead atoms. The summed E-state index contributed by atoms with van der Waals surface area (Å²) in [6, 6.07) is 10.7. The van der Waals surface area contributed by atoms with E-state index in [0.29, 0.717) is 6.54 Å². The summed E-state index contributed by atoms with van der Waals surface area (Å²) in [4.78, 5) is 33.0. The Morgan fingerprint density at radius 2 is 1.69 bits per heavy atom. The van der Waals surface area contributed by atoms with Crippen molar-refractivity contribution in [1.82, 2.24) is 24.4 Å². The molecule has 3 aromatic rings. The minimum Gasteiger partial charge on any atom is -0.475 e. The lowest BCUT2D eigenvalue weighted by Gasteiger charge is -2.08. The van der Waals surface area contributed by atoms with Gasteiger partial charge >= 0.3 is 17.8 Å². The molecule has 0 unspecified atom stereocenters. The first kappa shape index (κ1) is 28.1. The summed E-state index contributed by atoms with van der Waals surface area (Å²) in [6.07, 6.45) is -5.23. The zero-order valence-corrected chi connectivity index (χ0v) is 18.7. The van der Waals surface area contributed by atoms with Crippen molar-refractivity contribution in [2.45, 2.75) is 32.7 Å². The molecule has 3 rings (SSSR count). The van der Waals surface area contributed by atoms with Crippen molar-refractivity contribution >= 4 is 5.97 Å². The highest BCUT2D eigenvalue weighted by Gasteiger charge is 2.38. The zero-order valence-electron chi connectivity index (χ0n) is 18.7. The molecule has 0 aliphatic heterocycles. The second-order valence-corrected chi connectivity index (χ2v) is 7.19. The number of halogens is 5. The molecule has 3 N–H and O–H groups in total. The molecule has 36 heavy (non-hydrogen) atoms. The Morgan fingerprint density at radius 3 is 2.25 bits per heavy atom. The number of tetrazole rings is 1. The van der Waals surface area contributed by atoms with E-state index >= 15 is 0 Å². The van der Waals surface area contributed by atoms with Crippen LogP contribution in [-0.2, 0) is 24.4 Å². The van der Waals surface area contributed by atoms with Crippen molar-refractivity contribution in [3.8, 4) is 11.1 Å². The first-order valence-electron chi connectivity index (χ1n) is 10.2. The smallest absolute Gasteiger partial charge is 0.475 e. The van der Waals surface area contributed by atoms with Crippen LogP contribution in [0.5, 0.6) is 0 Å². The normalized spacial score (nSPS) is 11.0. The number of hydrogen-bond donors (Lipinski definition) is 2. The molecule has 0 aliphatic rings. The number of nitrogens with two attached hydrogens (primary N) is 1. The number of hydrogen-bond acceptors (Lipinski definition) is 6. The molecule has 10 nitrogen and oxygen atoms in total. The van der Waals surface area contributed by atoms with E-state index in [1.165, 1.54) is 6.07 Å². The van der Waals surface area contributed by atoms with Gasteiger partial charge in [0.1, 0.15) is 0 Å². The van der Waals surface area contributed by atoms with Crippen LogP contribution >= 0.6 is 0 Å². The quantitative estimate of drug-likeness (QED) is 0.459. The summed E-state index contributed by atoms with van der Waals surface area (Å²) < 4.78 is 60.8. The summed E-state index contributed by atoms with van der Waals surface area (Å²) >= 11 is 0. The number of aromatic nitrogens is 5. The Hall–Kier alpha value is -4.14. The molecule has 0 spiro atoms. The molecular formula is C21H21F5N6O4. The molecule has 0 radical (unpaired) electrons. The summed E-state index contributed by atoms with van der Waals surface area (Å²) in [5.41, 5.74) is 6.73. The molecule has 15 heteroatoms. The van der Waals surface area contributed by atoms with Crippen molar-refractivity contribution in [1.29, 1.82) is 0 Å². The van der Waals surface area contributed by atoms with Gasteiger partial charge in [0.2, 0.25) is 0 Å². The van der Waals surface area contributed by atoms with Crippen LogP contribution < -0.4 is 17.0 Å². The average molecular weight is 516 g/mol. The summed E-state index contributed by atoms with van der Waals surface area (Å²) in [7, 11) is 0. The van der Waals surface area contributed by atoms with Gasteiger partial charge in [0.05, 0.1) is 13.1 Å². The van der Waals surface area contributed by atoms with Crippen LogP contribution in [-0.4, -0.2) is 48.2 Å². The van der Waals surface area contributed by atoms with Gasteiger partial charge in [-0.3, -0.25) is 4.79 Å². The van der Waals surface area contributed by atoms with Gasteiger partial charge in [-0.2, -0.15) is 31.3 Å². The SMILES string of the molecule is CCn1cc(-c2cccc(Cn3nnn(CC(CN)=C(F)F)c3=O)c2)ccc1=O.O=C(O)C(F)(F)F. The van der Waals surface area contributed by atoms with Gasteiger partial charge < -0.3 is 15.4 Å². The van der Waals surface area contributed by atoms with Crippen LogP contribution in [0.3, 0.4) is 0 Å². The average Bonchev–Trinajstić information content (AvgIpc) is 3.16. The lowest BCUT2D eigenvalue weighted by molar-refractivity contribution is -0.192. The van der Waals surface area contributed by atoms with Gasteiger partial charge in [0, 0.05) is 30.9 Å². The number of carboxylic acid groups (broad SMARTS) is 1. The van der Waals surface area contributed by atoms with E-state index in [1.54, 1.807) is 16.8 Å². The number of carbonyl (C=O) groups is 1. The van der Waals surface area contributed by atoms with E-state index in [0.717, 1.165) is 26.1 Å². The monoisotopic (exact) mass is 516 g/mol. The maximum absolute atomic E-state index is 12.8. The van der Waals surface area contributed by atoms with Crippen LogP contribution in [0.1, 0.15) is 12.5 Å². The second kappa shape index (κ2) is 12.0. The maximum atomic E-state index is 12.8. The summed E-state index contributed by atoms with van der Waals surface area (Å²) in [5.74, 6) is -2.76. The van der Waals surface area contributed by atoms with E-state index in [2.05, 4.69) is 10.4 Å². The summed E-state index contributed by atoms with van der Waals surface area (Å²) in [6.45, 7) is 1.79. The van der Waals surface area contributed by atoms with Crippen molar-refractivity contribution in [2.75, 3.05) is 6.54 Å². The fraction of sp³-hybridized carbons (Fsp3) is 0.286. The van der Waals surface area contributed by atoms with Gasteiger partial charge in [0.25, 0.3) is 11.6 Å². The maximum Gasteiger partial charge on any atom is 0.490 e. The Balaban J connectivity index is 0.000000572. The molecule has 0 saturated heterocycles.